The molecule has 1 saturated heterocycles. The van der Waals surface area contributed by atoms with E-state index in [-0.39, 0.29) is 33.9 Å². The maximum absolute atomic E-state index is 13.6. The number of ether oxygens (including phenoxy) is 1. The van der Waals surface area contributed by atoms with Crippen LogP contribution in [0.25, 0.3) is 0 Å². The van der Waals surface area contributed by atoms with Crippen LogP contribution in [0.15, 0.2) is 53.4 Å². The molecule has 0 aliphatic carbocycles. The molecule has 4 N–H and O–H groups in total. The zero-order valence-corrected chi connectivity index (χ0v) is 17.5. The van der Waals surface area contributed by atoms with Crippen LogP contribution in [-0.2, 0) is 14.8 Å². The third kappa shape index (κ3) is 5.95. The Morgan fingerprint density at radius 1 is 1.13 bits per heavy atom. The molecule has 1 atom stereocenters. The molecule has 0 aromatic heterocycles. The summed E-state index contributed by atoms with van der Waals surface area (Å²) in [5.41, 5.74) is 5.20. The van der Waals surface area contributed by atoms with Crippen LogP contribution < -0.4 is 20.9 Å². The van der Waals surface area contributed by atoms with Gasteiger partial charge in [-0.1, -0.05) is 12.1 Å². The normalized spacial score (nSPS) is 16.1. The first-order valence-electron chi connectivity index (χ1n) is 9.18. The number of rotatable bonds is 6. The standard InChI is InChI=1S/C19H21FN4O4S2/c20-16-5-1-2-6-17(16)22-19(29)24-23-18(25)13-7-9-15(10-8-13)30(26,27)21-12-14-4-3-11-28-14/h1-2,5-10,14,21H,3-4,11-12H2,(H,23,25)(H2,22,24,29). The fourth-order valence-electron chi connectivity index (χ4n) is 2.78. The number of thiocarbonyl (C=S) groups is 1. The molecule has 0 radical (unpaired) electrons. The van der Waals surface area contributed by atoms with Gasteiger partial charge in [-0.25, -0.2) is 17.5 Å². The minimum absolute atomic E-state index is 0.00835. The highest BCUT2D eigenvalue weighted by Crippen LogP contribution is 2.14. The predicted molar refractivity (Wildman–Crippen MR) is 114 cm³/mol. The van der Waals surface area contributed by atoms with E-state index in [9.17, 15) is 17.6 Å². The summed E-state index contributed by atoms with van der Waals surface area (Å²) >= 11 is 5.01. The van der Waals surface area contributed by atoms with Gasteiger partial charge in [0.05, 0.1) is 16.7 Å². The van der Waals surface area contributed by atoms with Crippen molar-refractivity contribution in [3.8, 4) is 0 Å². The summed E-state index contributed by atoms with van der Waals surface area (Å²) in [5.74, 6) is -1.03. The summed E-state index contributed by atoms with van der Waals surface area (Å²) in [6.07, 6.45) is 1.63. The maximum Gasteiger partial charge on any atom is 0.269 e. The third-order valence-electron chi connectivity index (χ3n) is 4.36. The first-order chi connectivity index (χ1) is 14.3. The largest absolute Gasteiger partial charge is 0.377 e. The Bertz CT molecular complexity index is 1010. The predicted octanol–water partition coefficient (Wildman–Crippen LogP) is 1.91. The van der Waals surface area contributed by atoms with Gasteiger partial charge in [-0.15, -0.1) is 0 Å². The zero-order chi connectivity index (χ0) is 21.6. The summed E-state index contributed by atoms with van der Waals surface area (Å²) < 4.78 is 46.2. The average Bonchev–Trinajstić information content (AvgIpc) is 3.26. The fraction of sp³-hybridized carbons (Fsp3) is 0.263. The first-order valence-corrected chi connectivity index (χ1v) is 11.1. The number of carbonyl (C=O) groups is 1. The maximum atomic E-state index is 13.6. The number of hydrogen-bond donors (Lipinski definition) is 4. The highest BCUT2D eigenvalue weighted by molar-refractivity contribution is 7.89. The molecule has 11 heteroatoms. The van der Waals surface area contributed by atoms with Crippen LogP contribution in [-0.4, -0.2) is 38.7 Å². The van der Waals surface area contributed by atoms with Gasteiger partial charge < -0.3 is 10.1 Å². The summed E-state index contributed by atoms with van der Waals surface area (Å²) in [5, 5.41) is 2.61. The third-order valence-corrected chi connectivity index (χ3v) is 6.01. The molecule has 8 nitrogen and oxygen atoms in total. The van der Waals surface area contributed by atoms with E-state index in [0.29, 0.717) is 6.61 Å². The van der Waals surface area contributed by atoms with E-state index in [4.69, 9.17) is 17.0 Å². The summed E-state index contributed by atoms with van der Waals surface area (Å²) in [4.78, 5) is 12.3. The molecule has 0 bridgehead atoms. The number of carbonyl (C=O) groups excluding carboxylic acids is 1. The van der Waals surface area contributed by atoms with Crippen molar-refractivity contribution in [3.05, 3.63) is 59.9 Å². The number of benzene rings is 2. The summed E-state index contributed by atoms with van der Waals surface area (Å²) in [6.45, 7) is 0.852. The lowest BCUT2D eigenvalue weighted by Crippen LogP contribution is -2.43. The number of sulfonamides is 1. The molecule has 2 aromatic carbocycles. The lowest BCUT2D eigenvalue weighted by atomic mass is 10.2. The van der Waals surface area contributed by atoms with Crippen molar-refractivity contribution in [2.75, 3.05) is 18.5 Å². The van der Waals surface area contributed by atoms with Crippen molar-refractivity contribution in [2.24, 2.45) is 0 Å². The van der Waals surface area contributed by atoms with Crippen LogP contribution in [0.2, 0.25) is 0 Å². The van der Waals surface area contributed by atoms with E-state index in [1.807, 2.05) is 0 Å². The Hall–Kier alpha value is -2.60. The van der Waals surface area contributed by atoms with Gasteiger partial charge in [0.15, 0.2) is 5.11 Å². The molecule has 0 saturated carbocycles. The number of nitrogens with one attached hydrogen (secondary N) is 4. The Balaban J connectivity index is 1.51. The molecular weight excluding hydrogens is 431 g/mol. The fourth-order valence-corrected chi connectivity index (χ4v) is 4.01. The van der Waals surface area contributed by atoms with Crippen molar-refractivity contribution in [1.29, 1.82) is 0 Å². The molecule has 1 amide bonds. The summed E-state index contributed by atoms with van der Waals surface area (Å²) in [6, 6.07) is 11.4. The monoisotopic (exact) mass is 452 g/mol. The van der Waals surface area contributed by atoms with Crippen molar-refractivity contribution >= 4 is 38.9 Å². The van der Waals surface area contributed by atoms with Crippen LogP contribution in [0.4, 0.5) is 10.1 Å². The molecule has 1 unspecified atom stereocenters. The molecule has 1 aliphatic rings. The number of para-hydroxylation sites is 1. The van der Waals surface area contributed by atoms with Crippen LogP contribution in [0.1, 0.15) is 23.2 Å². The highest BCUT2D eigenvalue weighted by atomic mass is 32.2. The minimum atomic E-state index is -3.70. The van der Waals surface area contributed by atoms with Gasteiger partial charge in [-0.3, -0.25) is 15.6 Å². The van der Waals surface area contributed by atoms with Crippen LogP contribution in [0, 0.1) is 5.82 Å². The van der Waals surface area contributed by atoms with Gasteiger partial charge in [-0.2, -0.15) is 0 Å². The second kappa shape index (κ2) is 9.94. The molecule has 1 heterocycles. The molecule has 1 fully saturated rings. The number of hydrazine groups is 1. The number of hydrogen-bond acceptors (Lipinski definition) is 5. The van der Waals surface area contributed by atoms with Crippen LogP contribution in [0.5, 0.6) is 0 Å². The molecule has 30 heavy (non-hydrogen) atoms. The van der Waals surface area contributed by atoms with E-state index in [0.717, 1.165) is 12.8 Å². The van der Waals surface area contributed by atoms with E-state index in [1.165, 1.54) is 36.4 Å². The second-order valence-electron chi connectivity index (χ2n) is 6.52. The number of halogens is 1. The molecule has 3 rings (SSSR count). The Morgan fingerprint density at radius 3 is 2.53 bits per heavy atom. The average molecular weight is 453 g/mol. The molecule has 1 aliphatic heterocycles. The summed E-state index contributed by atoms with van der Waals surface area (Å²) in [7, 11) is -3.70. The quantitative estimate of drug-likeness (QED) is 0.392. The lowest BCUT2D eigenvalue weighted by molar-refractivity contribution is 0.0944. The molecule has 2 aromatic rings. The zero-order valence-electron chi connectivity index (χ0n) is 15.9. The van der Waals surface area contributed by atoms with Gasteiger partial charge >= 0.3 is 0 Å². The van der Waals surface area contributed by atoms with Crippen molar-refractivity contribution in [2.45, 2.75) is 23.8 Å². The van der Waals surface area contributed by atoms with Crippen LogP contribution >= 0.6 is 12.2 Å². The smallest absolute Gasteiger partial charge is 0.269 e. The van der Waals surface area contributed by atoms with Gasteiger partial charge in [0, 0.05) is 18.7 Å². The van der Waals surface area contributed by atoms with Crippen molar-refractivity contribution in [3.63, 3.8) is 0 Å². The Kier molecular flexibility index (Phi) is 7.32. The Morgan fingerprint density at radius 2 is 1.87 bits per heavy atom. The van der Waals surface area contributed by atoms with Gasteiger partial charge in [-0.05, 0) is 61.5 Å². The van der Waals surface area contributed by atoms with E-state index < -0.39 is 21.7 Å². The van der Waals surface area contributed by atoms with Gasteiger partial charge in [0.25, 0.3) is 5.91 Å². The van der Waals surface area contributed by atoms with E-state index in [2.05, 4.69) is 20.9 Å². The second-order valence-corrected chi connectivity index (χ2v) is 8.70. The van der Waals surface area contributed by atoms with Gasteiger partial charge in [0.1, 0.15) is 5.82 Å². The number of anilines is 1. The lowest BCUT2D eigenvalue weighted by Gasteiger charge is -2.13. The molecule has 160 valence electrons. The van der Waals surface area contributed by atoms with Crippen molar-refractivity contribution in [1.82, 2.24) is 15.6 Å². The first kappa shape index (κ1) is 22.1. The number of amides is 1. The highest BCUT2D eigenvalue weighted by Gasteiger charge is 2.20. The molecule has 0 spiro atoms. The van der Waals surface area contributed by atoms with Crippen LogP contribution in [0.3, 0.4) is 0 Å². The van der Waals surface area contributed by atoms with E-state index >= 15 is 0 Å². The Labute approximate surface area is 179 Å². The topological polar surface area (TPSA) is 109 Å². The SMILES string of the molecule is O=C(NNC(=S)Nc1ccccc1F)c1ccc(S(=O)(=O)NCC2CCCO2)cc1. The molecular formula is C19H21FN4O4S2. The minimum Gasteiger partial charge on any atom is -0.377 e. The van der Waals surface area contributed by atoms with Crippen molar-refractivity contribution < 1.29 is 22.3 Å². The van der Waals surface area contributed by atoms with Gasteiger partial charge in [0.2, 0.25) is 10.0 Å². The van der Waals surface area contributed by atoms with E-state index in [1.54, 1.807) is 12.1 Å².